The molecule has 5 fully saturated rings. The molecule has 1 unspecified atom stereocenters. The van der Waals surface area contributed by atoms with E-state index in [2.05, 4.69) is 32.8 Å². The number of rotatable bonds is 16. The topological polar surface area (TPSA) is 262 Å². The predicted octanol–water partition coefficient (Wildman–Crippen LogP) is 3.51. The first-order valence-corrected chi connectivity index (χ1v) is 27.1. The van der Waals surface area contributed by atoms with E-state index >= 15 is 0 Å². The second kappa shape index (κ2) is 23.4. The van der Waals surface area contributed by atoms with Crippen molar-refractivity contribution in [2.45, 2.75) is 146 Å². The number of Topliss-reactive ketones (excluding diaryl/α,β-unsaturated/α-hetero) is 2. The minimum Gasteiger partial charge on any atom is -0.370 e. The fourth-order valence-corrected chi connectivity index (χ4v) is 12.5. The number of amides is 8. The number of ketones is 2. The van der Waals surface area contributed by atoms with Crippen LogP contribution in [0.5, 0.6) is 0 Å². The average molecular weight is 1040 g/mol. The van der Waals surface area contributed by atoms with Crippen molar-refractivity contribution in [1.82, 2.24) is 40.5 Å². The largest absolute Gasteiger partial charge is 0.370 e. The molecular formula is C57H69N9O10. The number of imide groups is 1. The number of aromatic amines is 1. The first-order valence-electron chi connectivity index (χ1n) is 27.1. The number of likely N-dealkylation sites (N-methyl/N-ethyl adjacent to an activating group) is 1. The smallest absolute Gasteiger partial charge is 0.268 e. The number of H-pyrrole nitrogens is 1. The van der Waals surface area contributed by atoms with Gasteiger partial charge in [0.15, 0.2) is 11.6 Å². The summed E-state index contributed by atoms with van der Waals surface area (Å²) in [5.74, 6) is 2.54. The number of aromatic nitrogens is 1. The van der Waals surface area contributed by atoms with Crippen LogP contribution in [0.2, 0.25) is 0 Å². The van der Waals surface area contributed by atoms with Crippen molar-refractivity contribution in [1.29, 1.82) is 0 Å². The van der Waals surface area contributed by atoms with Gasteiger partial charge in [-0.15, -0.1) is 0 Å². The van der Waals surface area contributed by atoms with Crippen molar-refractivity contribution in [2.24, 2.45) is 23.5 Å². The maximum atomic E-state index is 14.6. The molecule has 6 heterocycles. The highest BCUT2D eigenvalue weighted by atomic mass is 16.2. The van der Waals surface area contributed by atoms with Gasteiger partial charge in [-0.25, -0.2) is 0 Å². The SMILES string of the molecule is CC(=O)c1ccc2[nH]c(C(=O)N[C@H]3CN(C)C[C@H]4CC[C@@H](C(=O)N[C@@H](CCC(N)=O)C(=O)C[C@H](C(=O)N5CCC(CCC#Cc6cccc7c6CN(C6CCC(=O)NC6=O)C7=O)CC5)C5CCCCC5)N4C3=O)cc2c1. The molecule has 1 aromatic heterocycles. The molecule has 1 saturated carbocycles. The Balaban J connectivity index is 0.815. The van der Waals surface area contributed by atoms with Gasteiger partial charge in [0.1, 0.15) is 23.8 Å². The lowest BCUT2D eigenvalue weighted by molar-refractivity contribution is -0.143. The molecule has 4 saturated heterocycles. The molecular weight excluding hydrogens is 971 g/mol. The van der Waals surface area contributed by atoms with E-state index in [4.69, 9.17) is 5.73 Å². The highest BCUT2D eigenvalue weighted by Gasteiger charge is 2.47. The summed E-state index contributed by atoms with van der Waals surface area (Å²) in [5.41, 5.74) is 9.00. The molecule has 0 radical (unpaired) electrons. The standard InChI is InChI=1S/C57H69N9O10/c1-33(67)37-15-17-43-38(27-37)28-45(59-43)52(71)61-46-32-63(2)30-39-16-19-48(66(39)57(46)76)54(73)60-44(18-21-50(58)69)49(68)29-41(35-10-4-3-5-11-35)55(74)64-25-23-34(24-26-64)9-6-7-12-36-13-8-14-40-42(36)31-65(56(40)75)47-20-22-51(70)62-53(47)72/h8,13-15,17,27-28,34-35,39,41,44,46-48,59H,3-6,9-11,16,18-26,29-32H2,1-2H3,(H2,58,69)(H,60,73)(H,61,71)(H,62,70,72)/t39-,41+,44+,46+,47?,48+/m1/s1. The number of likely N-dealkylation sites (tertiary alicyclic amines) is 1. The molecule has 0 spiro atoms. The third kappa shape index (κ3) is 11.9. The predicted molar refractivity (Wildman–Crippen MR) is 279 cm³/mol. The van der Waals surface area contributed by atoms with Gasteiger partial charge in [-0.1, -0.05) is 37.2 Å². The number of carbonyl (C=O) groups excluding carboxylic acids is 10. The van der Waals surface area contributed by atoms with E-state index in [9.17, 15) is 47.9 Å². The summed E-state index contributed by atoms with van der Waals surface area (Å²) in [7, 11) is 1.85. The van der Waals surface area contributed by atoms with E-state index in [1.165, 1.54) is 16.7 Å². The van der Waals surface area contributed by atoms with E-state index in [-0.39, 0.29) is 92.1 Å². The third-order valence-corrected chi connectivity index (χ3v) is 16.7. The Bertz CT molecular complexity index is 2890. The van der Waals surface area contributed by atoms with Gasteiger partial charge in [-0.05, 0) is 126 Å². The van der Waals surface area contributed by atoms with Crippen LogP contribution < -0.4 is 21.7 Å². The number of hydrogen-bond acceptors (Lipinski definition) is 11. The van der Waals surface area contributed by atoms with Crippen molar-refractivity contribution in [3.63, 3.8) is 0 Å². The quantitative estimate of drug-likeness (QED) is 0.0788. The minimum atomic E-state index is -1.13. The monoisotopic (exact) mass is 1040 g/mol. The second-order valence-electron chi connectivity index (χ2n) is 21.9. The number of fused-ring (bicyclic) bond motifs is 3. The van der Waals surface area contributed by atoms with Crippen LogP contribution in [0, 0.1) is 29.6 Å². The van der Waals surface area contributed by atoms with Gasteiger partial charge in [0, 0.05) is 98.0 Å². The number of nitrogens with two attached hydrogens (primary N) is 1. The van der Waals surface area contributed by atoms with Gasteiger partial charge >= 0.3 is 0 Å². The highest BCUT2D eigenvalue weighted by Crippen LogP contribution is 2.36. The number of piperidine rings is 2. The minimum absolute atomic E-state index is 0.0201. The normalized spacial score (nSPS) is 23.2. The number of benzene rings is 2. The Morgan fingerprint density at radius 3 is 2.41 bits per heavy atom. The number of nitrogens with one attached hydrogen (secondary N) is 4. The number of nitrogens with zero attached hydrogens (tertiary/aromatic N) is 4. The Kier molecular flexibility index (Phi) is 16.5. The van der Waals surface area contributed by atoms with Crippen LogP contribution in [0.1, 0.15) is 152 Å². The lowest BCUT2D eigenvalue weighted by Gasteiger charge is -2.37. The summed E-state index contributed by atoms with van der Waals surface area (Å²) in [5, 5.41) is 8.79. The molecule has 402 valence electrons. The molecule has 8 amide bonds. The van der Waals surface area contributed by atoms with Crippen LogP contribution in [-0.4, -0.2) is 147 Å². The van der Waals surface area contributed by atoms with Crippen LogP contribution in [0.25, 0.3) is 10.9 Å². The number of carbonyl (C=O) groups is 10. The first-order chi connectivity index (χ1) is 36.5. The van der Waals surface area contributed by atoms with Crippen LogP contribution in [0.4, 0.5) is 0 Å². The molecule has 6 atom stereocenters. The van der Waals surface area contributed by atoms with Crippen LogP contribution in [0.3, 0.4) is 0 Å². The zero-order valence-electron chi connectivity index (χ0n) is 43.5. The molecule has 19 nitrogen and oxygen atoms in total. The van der Waals surface area contributed by atoms with Crippen LogP contribution >= 0.6 is 0 Å². The summed E-state index contributed by atoms with van der Waals surface area (Å²) >= 11 is 0. The van der Waals surface area contributed by atoms with Crippen LogP contribution in [0.15, 0.2) is 42.5 Å². The summed E-state index contributed by atoms with van der Waals surface area (Å²) in [6.07, 6.45) is 8.49. The molecule has 3 aromatic rings. The van der Waals surface area contributed by atoms with E-state index in [1.54, 1.807) is 36.4 Å². The van der Waals surface area contributed by atoms with E-state index in [0.717, 1.165) is 62.5 Å². The average Bonchev–Trinajstić information content (AvgIpc) is 4.11. The van der Waals surface area contributed by atoms with Gasteiger partial charge in [-0.2, -0.15) is 0 Å². The Morgan fingerprint density at radius 1 is 0.895 bits per heavy atom. The molecule has 19 heteroatoms. The number of hydrogen-bond donors (Lipinski definition) is 5. The van der Waals surface area contributed by atoms with Gasteiger partial charge in [0.05, 0.1) is 6.04 Å². The van der Waals surface area contributed by atoms with Gasteiger partial charge in [-0.3, -0.25) is 53.3 Å². The Morgan fingerprint density at radius 2 is 1.67 bits per heavy atom. The molecule has 9 rings (SSSR count). The Labute approximate surface area is 442 Å². The Hall–Kier alpha value is -7.20. The first kappa shape index (κ1) is 53.6. The summed E-state index contributed by atoms with van der Waals surface area (Å²) in [4.78, 5) is 143. The molecule has 76 heavy (non-hydrogen) atoms. The van der Waals surface area contributed by atoms with Crippen molar-refractivity contribution >= 4 is 69.7 Å². The molecule has 5 aliphatic heterocycles. The fraction of sp³-hybridized carbons (Fsp3) is 0.544. The number of primary amides is 1. The van der Waals surface area contributed by atoms with E-state index < -0.39 is 59.6 Å². The second-order valence-corrected chi connectivity index (χ2v) is 21.9. The molecule has 1 aliphatic carbocycles. The maximum absolute atomic E-state index is 14.6. The molecule has 2 aromatic carbocycles. The van der Waals surface area contributed by atoms with Gasteiger partial charge in [0.25, 0.3) is 11.8 Å². The van der Waals surface area contributed by atoms with Crippen LogP contribution in [-0.2, 0) is 40.1 Å². The van der Waals surface area contributed by atoms with Crippen molar-refractivity contribution < 1.29 is 47.9 Å². The van der Waals surface area contributed by atoms with Crippen molar-refractivity contribution in [3.8, 4) is 11.8 Å². The maximum Gasteiger partial charge on any atom is 0.268 e. The molecule has 6 N–H and O–H groups in total. The van der Waals surface area contributed by atoms with Gasteiger partial charge in [0.2, 0.25) is 35.4 Å². The highest BCUT2D eigenvalue weighted by molar-refractivity contribution is 6.06. The lowest BCUT2D eigenvalue weighted by atomic mass is 9.76. The van der Waals surface area contributed by atoms with Crippen molar-refractivity contribution in [2.75, 3.05) is 33.2 Å². The van der Waals surface area contributed by atoms with Gasteiger partial charge < -0.3 is 41.0 Å². The van der Waals surface area contributed by atoms with E-state index in [0.29, 0.717) is 66.8 Å². The zero-order valence-corrected chi connectivity index (χ0v) is 43.5. The van der Waals surface area contributed by atoms with E-state index in [1.807, 2.05) is 22.9 Å². The lowest BCUT2D eigenvalue weighted by Crippen LogP contribution is -2.57. The summed E-state index contributed by atoms with van der Waals surface area (Å²) in [6.45, 7) is 3.44. The van der Waals surface area contributed by atoms with Crippen molar-refractivity contribution in [3.05, 3.63) is 70.4 Å². The third-order valence-electron chi connectivity index (χ3n) is 16.7. The summed E-state index contributed by atoms with van der Waals surface area (Å²) < 4.78 is 0. The zero-order chi connectivity index (χ0) is 53.8. The summed E-state index contributed by atoms with van der Waals surface area (Å²) in [6, 6.07) is 8.02. The molecule has 6 aliphatic rings. The molecule has 0 bridgehead atoms. The fourth-order valence-electron chi connectivity index (χ4n) is 12.5.